The van der Waals surface area contributed by atoms with Crippen molar-refractivity contribution in [2.75, 3.05) is 24.6 Å². The van der Waals surface area contributed by atoms with Crippen molar-refractivity contribution in [1.82, 2.24) is 0 Å². The third-order valence-corrected chi connectivity index (χ3v) is 17.5. The molecular weight excluding hydrogens is 459 g/mol. The Hall–Kier alpha value is 0.910. The molecular formula is C29H62BrP. The van der Waals surface area contributed by atoms with Gasteiger partial charge in [0.1, 0.15) is 0 Å². The van der Waals surface area contributed by atoms with Crippen LogP contribution in [0.25, 0.3) is 0 Å². The molecule has 0 radical (unpaired) electrons. The van der Waals surface area contributed by atoms with E-state index in [-0.39, 0.29) is 0 Å². The predicted molar refractivity (Wildman–Crippen MR) is 155 cm³/mol. The van der Waals surface area contributed by atoms with Crippen LogP contribution in [0.5, 0.6) is 0 Å². The van der Waals surface area contributed by atoms with E-state index in [1.54, 1.807) is 24.6 Å². The first-order chi connectivity index (χ1) is 15.0. The molecule has 31 heavy (non-hydrogen) atoms. The van der Waals surface area contributed by atoms with Crippen LogP contribution in [0.1, 0.15) is 163 Å². The summed E-state index contributed by atoms with van der Waals surface area (Å²) in [5.74, 6) is 0. The average Bonchev–Trinajstić information content (AvgIpc) is 2.76. The summed E-state index contributed by atoms with van der Waals surface area (Å²) >= 11 is 4.70. The monoisotopic (exact) mass is 520 g/mol. The molecule has 0 N–H and O–H groups in total. The van der Waals surface area contributed by atoms with Crippen LogP contribution in [-0.4, -0.2) is 24.6 Å². The van der Waals surface area contributed by atoms with Crippen LogP contribution in [-0.2, 0) is 0 Å². The Morgan fingerprint density at radius 2 is 0.516 bits per heavy atom. The summed E-state index contributed by atoms with van der Waals surface area (Å²) in [6, 6.07) is 0. The van der Waals surface area contributed by atoms with Gasteiger partial charge in [0, 0.05) is 0 Å². The van der Waals surface area contributed by atoms with Gasteiger partial charge in [0.2, 0.25) is 0 Å². The molecule has 0 saturated heterocycles. The fourth-order valence-corrected chi connectivity index (χ4v) is 13.7. The Labute approximate surface area is 207 Å². The van der Waals surface area contributed by atoms with Gasteiger partial charge in [-0.25, -0.2) is 0 Å². The van der Waals surface area contributed by atoms with Crippen LogP contribution < -0.4 is 0 Å². The van der Waals surface area contributed by atoms with Gasteiger partial charge in [-0.05, 0) is 0 Å². The number of halogens is 1. The number of hydrogen-bond acceptors (Lipinski definition) is 0. The Kier molecular flexibility index (Phi) is 22.1. The molecule has 0 aliphatic carbocycles. The molecule has 0 saturated carbocycles. The van der Waals surface area contributed by atoms with Gasteiger partial charge in [-0.15, -0.1) is 0 Å². The Morgan fingerprint density at radius 3 is 0.806 bits per heavy atom. The predicted octanol–water partition coefficient (Wildman–Crippen LogP) is 12.1. The SMILES string of the molecule is CCCCCCCCP(Br)(CCCCC)(CCCCCCCC)CCCCCCCC. The van der Waals surface area contributed by atoms with Crippen LogP contribution in [0.15, 0.2) is 0 Å². The van der Waals surface area contributed by atoms with Gasteiger partial charge >= 0.3 is 208 Å². The topological polar surface area (TPSA) is 0 Å². The van der Waals surface area contributed by atoms with Gasteiger partial charge in [0.05, 0.1) is 0 Å². The zero-order valence-corrected chi connectivity index (χ0v) is 25.0. The maximum atomic E-state index is 4.70. The summed E-state index contributed by atoms with van der Waals surface area (Å²) < 4.78 is 0. The number of unbranched alkanes of at least 4 members (excludes halogenated alkanes) is 17. The second-order valence-corrected chi connectivity index (χ2v) is 22.2. The van der Waals surface area contributed by atoms with Crippen LogP contribution in [0.2, 0.25) is 0 Å². The third-order valence-electron chi connectivity index (χ3n) is 7.53. The Balaban J connectivity index is 4.89. The first-order valence-electron chi connectivity index (χ1n) is 14.8. The van der Waals surface area contributed by atoms with E-state index in [9.17, 15) is 0 Å². The van der Waals surface area contributed by atoms with Crippen molar-refractivity contribution in [2.24, 2.45) is 0 Å². The second kappa shape index (κ2) is 21.4. The van der Waals surface area contributed by atoms with E-state index in [0.29, 0.717) is 0 Å². The summed E-state index contributed by atoms with van der Waals surface area (Å²) in [4.78, 5) is 0. The van der Waals surface area contributed by atoms with E-state index in [4.69, 9.17) is 15.5 Å². The van der Waals surface area contributed by atoms with Crippen molar-refractivity contribution in [3.8, 4) is 0 Å². The van der Waals surface area contributed by atoms with Gasteiger partial charge in [0.25, 0.3) is 0 Å². The molecule has 0 amide bonds. The maximum absolute atomic E-state index is 4.70. The Morgan fingerprint density at radius 1 is 0.323 bits per heavy atom. The molecule has 0 nitrogen and oxygen atoms in total. The van der Waals surface area contributed by atoms with Crippen molar-refractivity contribution in [3.05, 3.63) is 0 Å². The molecule has 0 atom stereocenters. The van der Waals surface area contributed by atoms with E-state index in [2.05, 4.69) is 27.7 Å². The fraction of sp³-hybridized carbons (Fsp3) is 1.00. The van der Waals surface area contributed by atoms with E-state index in [1.807, 2.05) is 0 Å². The van der Waals surface area contributed by atoms with Crippen molar-refractivity contribution in [1.29, 1.82) is 0 Å². The minimum atomic E-state index is -1.72. The van der Waals surface area contributed by atoms with Crippen molar-refractivity contribution in [3.63, 3.8) is 0 Å². The van der Waals surface area contributed by atoms with Gasteiger partial charge in [-0.3, -0.25) is 0 Å². The van der Waals surface area contributed by atoms with Crippen LogP contribution in [0.3, 0.4) is 0 Å². The third kappa shape index (κ3) is 18.0. The van der Waals surface area contributed by atoms with Gasteiger partial charge in [-0.1, -0.05) is 0 Å². The van der Waals surface area contributed by atoms with Crippen LogP contribution in [0.4, 0.5) is 0 Å². The van der Waals surface area contributed by atoms with E-state index in [0.717, 1.165) is 0 Å². The van der Waals surface area contributed by atoms with E-state index in [1.165, 1.54) is 135 Å². The quantitative estimate of drug-likeness (QED) is 0.0828. The Bertz CT molecular complexity index is 324. The zero-order chi connectivity index (χ0) is 23.1. The van der Waals surface area contributed by atoms with Crippen LogP contribution >= 0.6 is 20.8 Å². The van der Waals surface area contributed by atoms with E-state index < -0.39 is 5.31 Å². The molecule has 190 valence electrons. The molecule has 0 bridgehead atoms. The van der Waals surface area contributed by atoms with Gasteiger partial charge in [0.15, 0.2) is 0 Å². The molecule has 0 aliphatic heterocycles. The molecule has 0 fully saturated rings. The molecule has 0 rings (SSSR count). The fourth-order valence-electron chi connectivity index (χ4n) is 5.29. The van der Waals surface area contributed by atoms with Gasteiger partial charge in [-0.2, -0.15) is 0 Å². The summed E-state index contributed by atoms with van der Waals surface area (Å²) in [5, 5.41) is -1.72. The molecule has 0 spiro atoms. The first kappa shape index (κ1) is 31.9. The van der Waals surface area contributed by atoms with Crippen molar-refractivity contribution < 1.29 is 0 Å². The molecule has 0 aromatic rings. The summed E-state index contributed by atoms with van der Waals surface area (Å²) in [6.45, 7) is 9.37. The summed E-state index contributed by atoms with van der Waals surface area (Å²) in [6.07, 6.45) is 36.5. The molecule has 0 aliphatic rings. The minimum absolute atomic E-state index is 1.37. The summed E-state index contributed by atoms with van der Waals surface area (Å²) in [7, 11) is 0. The number of rotatable bonds is 25. The molecule has 0 heterocycles. The molecule has 0 unspecified atom stereocenters. The average molecular weight is 522 g/mol. The molecule has 2 heteroatoms. The normalized spacial score (nSPS) is 13.4. The van der Waals surface area contributed by atoms with Crippen LogP contribution in [0, 0.1) is 0 Å². The second-order valence-electron chi connectivity index (χ2n) is 10.7. The van der Waals surface area contributed by atoms with E-state index >= 15 is 0 Å². The number of hydrogen-bond donors (Lipinski definition) is 0. The van der Waals surface area contributed by atoms with Gasteiger partial charge < -0.3 is 0 Å². The molecule has 0 aromatic carbocycles. The zero-order valence-electron chi connectivity index (χ0n) is 22.5. The van der Waals surface area contributed by atoms with Crippen molar-refractivity contribution >= 4 is 20.8 Å². The first-order valence-corrected chi connectivity index (χ1v) is 19.8. The standard InChI is InChI=1S/C29H62BrP/c1-5-9-13-16-19-23-27-31(30,26-22-12-8-4,28-24-20-17-14-10-6-2)29-25-21-18-15-11-7-3/h5-29H2,1-4H3. The summed E-state index contributed by atoms with van der Waals surface area (Å²) in [5.41, 5.74) is 0. The molecule has 0 aromatic heterocycles. The van der Waals surface area contributed by atoms with Crippen molar-refractivity contribution in [2.45, 2.75) is 163 Å².